The Balaban J connectivity index is 2.77. The van der Waals surface area contributed by atoms with E-state index in [0.29, 0.717) is 0 Å². The number of nitrogens with two attached hydrogens (primary N) is 1. The molecule has 1 aromatic rings. The third-order valence-electron chi connectivity index (χ3n) is 3.67. The van der Waals surface area contributed by atoms with Crippen molar-refractivity contribution in [3.8, 4) is 0 Å². The molecule has 0 aromatic heterocycles. The first kappa shape index (κ1) is 22.1. The molecule has 27 heavy (non-hydrogen) atoms. The molecular weight excluding hydrogens is 356 g/mol. The maximum atomic E-state index is 12.5. The summed E-state index contributed by atoms with van der Waals surface area (Å²) in [6.07, 6.45) is 0.182. The molecule has 0 saturated heterocycles. The topological polar surface area (TPSA) is 171 Å². The molecule has 0 aliphatic heterocycles. The molecule has 0 fully saturated rings. The molecule has 1 aromatic carbocycles. The van der Waals surface area contributed by atoms with E-state index in [1.807, 2.05) is 6.07 Å². The third kappa shape index (κ3) is 7.42. The highest BCUT2D eigenvalue weighted by atomic mass is 16.4. The molecule has 3 amide bonds. The van der Waals surface area contributed by atoms with Crippen molar-refractivity contribution in [1.82, 2.24) is 16.0 Å². The van der Waals surface area contributed by atoms with Gasteiger partial charge in [-0.25, -0.2) is 4.79 Å². The average molecular weight is 380 g/mol. The van der Waals surface area contributed by atoms with Gasteiger partial charge < -0.3 is 31.9 Å². The van der Waals surface area contributed by atoms with Crippen LogP contribution >= 0.6 is 0 Å². The summed E-state index contributed by atoms with van der Waals surface area (Å²) in [7, 11) is 0. The molecule has 0 aliphatic carbocycles. The number of nitrogens with one attached hydrogen (secondary N) is 3. The highest BCUT2D eigenvalue weighted by molar-refractivity contribution is 5.93. The van der Waals surface area contributed by atoms with Gasteiger partial charge in [0.2, 0.25) is 17.7 Å². The number of rotatable bonds is 10. The molecule has 10 heteroatoms. The number of benzene rings is 1. The zero-order chi connectivity index (χ0) is 20.4. The molecule has 0 bridgehead atoms. The fourth-order valence-electron chi connectivity index (χ4n) is 2.17. The van der Waals surface area contributed by atoms with E-state index in [0.717, 1.165) is 5.56 Å². The smallest absolute Gasteiger partial charge is 0.328 e. The number of aliphatic carboxylic acids is 1. The lowest BCUT2D eigenvalue weighted by atomic mass is 10.0. The normalized spacial score (nSPS) is 13.7. The van der Waals surface area contributed by atoms with Crippen LogP contribution < -0.4 is 21.7 Å². The molecule has 0 aliphatic rings. The van der Waals surface area contributed by atoms with E-state index in [9.17, 15) is 19.2 Å². The van der Waals surface area contributed by atoms with Crippen LogP contribution in [0.25, 0.3) is 0 Å². The molecule has 3 atom stereocenters. The lowest BCUT2D eigenvalue weighted by molar-refractivity contribution is -0.143. The van der Waals surface area contributed by atoms with E-state index in [1.165, 1.54) is 6.92 Å². The first-order chi connectivity index (χ1) is 12.8. The van der Waals surface area contributed by atoms with E-state index >= 15 is 0 Å². The Bertz CT molecular complexity index is 667. The Labute approximate surface area is 156 Å². The third-order valence-corrected chi connectivity index (χ3v) is 3.67. The maximum absolute atomic E-state index is 12.5. The number of carbonyl (C=O) groups excluding carboxylic acids is 3. The minimum absolute atomic E-state index is 0.182. The van der Waals surface area contributed by atoms with Gasteiger partial charge >= 0.3 is 5.97 Å². The molecule has 3 unspecified atom stereocenters. The van der Waals surface area contributed by atoms with Crippen LogP contribution in [0.4, 0.5) is 0 Å². The number of amides is 3. The Hall–Kier alpha value is -2.98. The van der Waals surface area contributed by atoms with Crippen molar-refractivity contribution in [2.24, 2.45) is 5.73 Å². The predicted molar refractivity (Wildman–Crippen MR) is 95.4 cm³/mol. The fraction of sp³-hybridized carbons (Fsp3) is 0.412. The van der Waals surface area contributed by atoms with Crippen molar-refractivity contribution in [3.63, 3.8) is 0 Å². The van der Waals surface area contributed by atoms with Crippen LogP contribution in [0, 0.1) is 0 Å². The summed E-state index contributed by atoms with van der Waals surface area (Å²) in [4.78, 5) is 47.0. The van der Waals surface area contributed by atoms with Crippen molar-refractivity contribution >= 4 is 23.7 Å². The first-order valence-corrected chi connectivity index (χ1v) is 8.26. The van der Waals surface area contributed by atoms with Gasteiger partial charge in [0, 0.05) is 6.42 Å². The summed E-state index contributed by atoms with van der Waals surface area (Å²) >= 11 is 0. The van der Waals surface area contributed by atoms with Gasteiger partial charge in [-0.15, -0.1) is 0 Å². The minimum Gasteiger partial charge on any atom is -0.480 e. The van der Waals surface area contributed by atoms with E-state index in [1.54, 1.807) is 24.3 Å². The largest absolute Gasteiger partial charge is 0.480 e. The van der Waals surface area contributed by atoms with Gasteiger partial charge in [0.1, 0.15) is 18.1 Å². The zero-order valence-electron chi connectivity index (χ0n) is 14.8. The van der Waals surface area contributed by atoms with Crippen molar-refractivity contribution in [2.45, 2.75) is 31.5 Å². The van der Waals surface area contributed by atoms with Gasteiger partial charge in [0.15, 0.2) is 0 Å². The summed E-state index contributed by atoms with van der Waals surface area (Å²) in [6, 6.07) is 5.41. The summed E-state index contributed by atoms with van der Waals surface area (Å²) in [6.45, 7) is 0.268. The Morgan fingerprint density at radius 2 is 1.63 bits per heavy atom. The molecule has 0 saturated carbocycles. The van der Waals surface area contributed by atoms with Gasteiger partial charge in [-0.2, -0.15) is 0 Å². The number of carboxylic acids is 1. The van der Waals surface area contributed by atoms with E-state index in [-0.39, 0.29) is 13.0 Å². The van der Waals surface area contributed by atoms with Crippen LogP contribution in [0.3, 0.4) is 0 Å². The second kappa shape index (κ2) is 10.9. The van der Waals surface area contributed by atoms with Crippen LogP contribution in [-0.2, 0) is 25.6 Å². The molecule has 1 rings (SSSR count). The van der Waals surface area contributed by atoms with Crippen LogP contribution in [0.1, 0.15) is 12.5 Å². The summed E-state index contributed by atoms with van der Waals surface area (Å²) < 4.78 is 0. The first-order valence-electron chi connectivity index (χ1n) is 8.26. The Morgan fingerprint density at radius 1 is 1.00 bits per heavy atom. The van der Waals surface area contributed by atoms with E-state index in [4.69, 9.17) is 15.9 Å². The second-order valence-corrected chi connectivity index (χ2v) is 5.83. The number of carbonyl (C=O) groups is 4. The zero-order valence-corrected chi connectivity index (χ0v) is 14.8. The average Bonchev–Trinajstić information content (AvgIpc) is 2.65. The molecule has 10 nitrogen and oxygen atoms in total. The lowest BCUT2D eigenvalue weighted by Crippen LogP contribution is -2.56. The fourth-order valence-corrected chi connectivity index (χ4v) is 2.17. The van der Waals surface area contributed by atoms with Crippen LogP contribution in [-0.4, -0.2) is 65.2 Å². The van der Waals surface area contributed by atoms with Crippen LogP contribution in [0.5, 0.6) is 0 Å². The van der Waals surface area contributed by atoms with Crippen molar-refractivity contribution in [2.75, 3.05) is 13.2 Å². The minimum atomic E-state index is -1.48. The molecule has 0 radical (unpaired) electrons. The van der Waals surface area contributed by atoms with Gasteiger partial charge in [-0.05, 0) is 12.5 Å². The number of hydrogen-bond donors (Lipinski definition) is 6. The Kier molecular flexibility index (Phi) is 8.90. The summed E-state index contributed by atoms with van der Waals surface area (Å²) in [5, 5.41) is 24.8. The highest BCUT2D eigenvalue weighted by Crippen LogP contribution is 2.04. The Morgan fingerprint density at radius 3 is 2.15 bits per heavy atom. The summed E-state index contributed by atoms with van der Waals surface area (Å²) in [5.41, 5.74) is 6.06. The SMILES string of the molecule is CC(NC(=O)C(Cc1ccccc1)NC(=O)CN)C(=O)NC(CO)C(=O)O. The van der Waals surface area contributed by atoms with E-state index in [2.05, 4.69) is 16.0 Å². The molecular formula is C17H24N4O6. The molecule has 0 spiro atoms. The summed E-state index contributed by atoms with van der Waals surface area (Å²) in [5.74, 6) is -3.34. The van der Waals surface area contributed by atoms with Crippen molar-refractivity contribution in [3.05, 3.63) is 35.9 Å². The lowest BCUT2D eigenvalue weighted by Gasteiger charge is -2.22. The standard InChI is InChI=1S/C17H24N4O6/c1-10(15(24)21-13(9-22)17(26)27)19-16(25)12(20-14(23)8-18)7-11-5-3-2-4-6-11/h2-6,10,12-13,22H,7-9,18H2,1H3,(H,19,25)(H,20,23)(H,21,24)(H,26,27). The van der Waals surface area contributed by atoms with Crippen molar-refractivity contribution in [1.29, 1.82) is 0 Å². The van der Waals surface area contributed by atoms with Crippen LogP contribution in [0.2, 0.25) is 0 Å². The van der Waals surface area contributed by atoms with Gasteiger partial charge in [-0.1, -0.05) is 30.3 Å². The number of aliphatic hydroxyl groups is 1. The quantitative estimate of drug-likeness (QED) is 0.266. The van der Waals surface area contributed by atoms with Gasteiger partial charge in [-0.3, -0.25) is 14.4 Å². The van der Waals surface area contributed by atoms with Gasteiger partial charge in [0.05, 0.1) is 13.2 Å². The predicted octanol–water partition coefficient (Wildman–Crippen LogP) is -2.26. The van der Waals surface area contributed by atoms with Crippen molar-refractivity contribution < 1.29 is 29.4 Å². The maximum Gasteiger partial charge on any atom is 0.328 e. The monoisotopic (exact) mass is 380 g/mol. The number of aliphatic hydroxyl groups excluding tert-OH is 1. The highest BCUT2D eigenvalue weighted by Gasteiger charge is 2.26. The van der Waals surface area contributed by atoms with E-state index < -0.39 is 48.4 Å². The molecule has 0 heterocycles. The number of hydrogen-bond acceptors (Lipinski definition) is 6. The molecule has 7 N–H and O–H groups in total. The van der Waals surface area contributed by atoms with Crippen LogP contribution in [0.15, 0.2) is 30.3 Å². The second-order valence-electron chi connectivity index (χ2n) is 5.83. The number of carboxylic acid groups (broad SMARTS) is 1. The van der Waals surface area contributed by atoms with Gasteiger partial charge in [0.25, 0.3) is 0 Å². The molecule has 148 valence electrons.